The highest BCUT2D eigenvalue weighted by molar-refractivity contribution is 9.10. The Morgan fingerprint density at radius 2 is 1.78 bits per heavy atom. The number of nitrogens with one attached hydrogen (secondary N) is 1. The van der Waals surface area contributed by atoms with E-state index in [1.165, 1.54) is 6.07 Å². The lowest BCUT2D eigenvalue weighted by atomic mass is 10.0. The molecule has 4 rings (SSSR count). The van der Waals surface area contributed by atoms with E-state index in [1.807, 2.05) is 26.0 Å². The first kappa shape index (κ1) is 14.1. The van der Waals surface area contributed by atoms with Gasteiger partial charge in [0.05, 0.1) is 15.7 Å². The van der Waals surface area contributed by atoms with Crippen LogP contribution in [0.4, 0.5) is 0 Å². The minimum Gasteiger partial charge on any atom is -0.477 e. The molecule has 0 fully saturated rings. The molecule has 23 heavy (non-hydrogen) atoms. The molecular weight excluding hydrogens is 364 g/mol. The number of carboxylic acids is 1. The van der Waals surface area contributed by atoms with Gasteiger partial charge in [0.15, 0.2) is 0 Å². The molecule has 1 aromatic carbocycles. The summed E-state index contributed by atoms with van der Waals surface area (Å²) >= 11 is 3.57. The van der Waals surface area contributed by atoms with Crippen LogP contribution in [0.2, 0.25) is 0 Å². The van der Waals surface area contributed by atoms with Gasteiger partial charge in [0, 0.05) is 10.8 Å². The minimum absolute atomic E-state index is 0.0210. The number of aryl methyl sites for hydroxylation is 2. The average molecular weight is 375 g/mol. The van der Waals surface area contributed by atoms with Gasteiger partial charge in [-0.25, -0.2) is 4.79 Å². The zero-order valence-corrected chi connectivity index (χ0v) is 13.8. The summed E-state index contributed by atoms with van der Waals surface area (Å²) in [7, 11) is 0. The lowest BCUT2D eigenvalue weighted by molar-refractivity contribution is 0.0690. The molecule has 7 heteroatoms. The number of aromatic nitrogens is 2. The van der Waals surface area contributed by atoms with E-state index in [1.54, 1.807) is 0 Å². The summed E-state index contributed by atoms with van der Waals surface area (Å²) in [6.45, 7) is 3.72. The van der Waals surface area contributed by atoms with Gasteiger partial charge in [-0.15, -0.1) is 0 Å². The number of carboxylic acid groups (broad SMARTS) is 1. The molecule has 0 saturated carbocycles. The van der Waals surface area contributed by atoms with Crippen LogP contribution in [0.15, 0.2) is 31.5 Å². The summed E-state index contributed by atoms with van der Waals surface area (Å²) in [6, 6.07) is 5.29. The number of nitrogens with zero attached hydrogens (tertiary/aromatic N) is 1. The molecule has 4 aromatic rings. The first-order chi connectivity index (χ1) is 11.0. The first-order valence-corrected chi connectivity index (χ1v) is 7.66. The van der Waals surface area contributed by atoms with E-state index < -0.39 is 5.97 Å². The van der Waals surface area contributed by atoms with Gasteiger partial charge in [0.1, 0.15) is 28.4 Å². The van der Waals surface area contributed by atoms with Gasteiger partial charge in [-0.05, 0) is 48.0 Å². The van der Waals surface area contributed by atoms with Crippen molar-refractivity contribution in [3.63, 3.8) is 0 Å². The van der Waals surface area contributed by atoms with Crippen LogP contribution in [-0.4, -0.2) is 21.3 Å². The van der Waals surface area contributed by atoms with Gasteiger partial charge in [-0.3, -0.25) is 5.10 Å². The van der Waals surface area contributed by atoms with Crippen LogP contribution in [0, 0.1) is 13.8 Å². The zero-order chi connectivity index (χ0) is 16.3. The number of furan rings is 2. The van der Waals surface area contributed by atoms with Crippen molar-refractivity contribution in [2.75, 3.05) is 0 Å². The number of halogens is 1. The molecular formula is C16H11BrN2O4. The van der Waals surface area contributed by atoms with Gasteiger partial charge in [-0.1, -0.05) is 0 Å². The van der Waals surface area contributed by atoms with Gasteiger partial charge < -0.3 is 13.9 Å². The standard InChI is InChI=1S/C16H11BrN2O4/c1-6-3-8-12(10-5-11(16(20)21)19-18-10)14-9(4-7(2)22-14)13(17)15(8)23-6/h3-5H,1-2H3,(H,18,19)(H,20,21). The van der Waals surface area contributed by atoms with Crippen LogP contribution in [0.5, 0.6) is 0 Å². The first-order valence-electron chi connectivity index (χ1n) is 6.86. The maximum Gasteiger partial charge on any atom is 0.353 e. The van der Waals surface area contributed by atoms with E-state index in [0.29, 0.717) is 22.4 Å². The van der Waals surface area contributed by atoms with Crippen molar-refractivity contribution >= 4 is 43.8 Å². The third-order valence-corrected chi connectivity index (χ3v) is 4.49. The van der Waals surface area contributed by atoms with E-state index in [-0.39, 0.29) is 5.69 Å². The summed E-state index contributed by atoms with van der Waals surface area (Å²) in [5.74, 6) is 0.438. The fourth-order valence-electron chi connectivity index (χ4n) is 2.78. The number of carbonyl (C=O) groups is 1. The normalized spacial score (nSPS) is 11.6. The summed E-state index contributed by atoms with van der Waals surface area (Å²) in [5, 5.41) is 17.4. The van der Waals surface area contributed by atoms with Crippen molar-refractivity contribution < 1.29 is 18.7 Å². The Labute approximate surface area is 138 Å². The number of hydrogen-bond donors (Lipinski definition) is 2. The zero-order valence-electron chi connectivity index (χ0n) is 12.2. The molecule has 116 valence electrons. The van der Waals surface area contributed by atoms with Crippen LogP contribution >= 0.6 is 15.9 Å². The predicted molar refractivity (Wildman–Crippen MR) is 87.7 cm³/mol. The number of benzene rings is 1. The van der Waals surface area contributed by atoms with Crippen molar-refractivity contribution in [2.45, 2.75) is 13.8 Å². The fourth-order valence-corrected chi connectivity index (χ4v) is 3.37. The number of H-pyrrole nitrogens is 1. The summed E-state index contributed by atoms with van der Waals surface area (Å²) in [6.07, 6.45) is 0. The second kappa shape index (κ2) is 4.73. The smallest absolute Gasteiger partial charge is 0.353 e. The van der Waals surface area contributed by atoms with Gasteiger partial charge >= 0.3 is 5.97 Å². The molecule has 6 nitrogen and oxygen atoms in total. The van der Waals surface area contributed by atoms with Crippen molar-refractivity contribution in [1.82, 2.24) is 10.2 Å². The molecule has 0 aliphatic heterocycles. The molecule has 0 radical (unpaired) electrons. The van der Waals surface area contributed by atoms with Crippen LogP contribution in [0.3, 0.4) is 0 Å². The van der Waals surface area contributed by atoms with Crippen molar-refractivity contribution in [3.05, 3.63) is 39.9 Å². The predicted octanol–water partition coefficient (Wildman–Crippen LogP) is 4.65. The van der Waals surface area contributed by atoms with Gasteiger partial charge in [0.25, 0.3) is 0 Å². The van der Waals surface area contributed by atoms with Gasteiger partial charge in [0.2, 0.25) is 0 Å². The summed E-state index contributed by atoms with van der Waals surface area (Å²) in [4.78, 5) is 11.1. The van der Waals surface area contributed by atoms with Crippen LogP contribution in [0.25, 0.3) is 33.2 Å². The Bertz CT molecular complexity index is 1030. The summed E-state index contributed by atoms with van der Waals surface area (Å²) in [5.41, 5.74) is 2.57. The Morgan fingerprint density at radius 1 is 1.13 bits per heavy atom. The third-order valence-electron chi connectivity index (χ3n) is 3.71. The molecule has 2 N–H and O–H groups in total. The van der Waals surface area contributed by atoms with Crippen LogP contribution < -0.4 is 0 Å². The molecule has 0 saturated heterocycles. The Balaban J connectivity index is 2.16. The van der Waals surface area contributed by atoms with Crippen LogP contribution in [-0.2, 0) is 0 Å². The number of hydrogen-bond acceptors (Lipinski definition) is 4. The Hall–Kier alpha value is -2.54. The SMILES string of the molecule is Cc1cc2c(-c3cc(C(=O)O)[nH]n3)c3oc(C)cc3c(Br)c2o1. The monoisotopic (exact) mass is 374 g/mol. The lowest BCUT2D eigenvalue weighted by Crippen LogP contribution is -1.95. The molecule has 0 spiro atoms. The molecule has 0 aliphatic rings. The lowest BCUT2D eigenvalue weighted by Gasteiger charge is -2.03. The quantitative estimate of drug-likeness (QED) is 0.532. The number of aromatic amines is 1. The van der Waals surface area contributed by atoms with Crippen molar-refractivity contribution in [1.29, 1.82) is 0 Å². The summed E-state index contributed by atoms with van der Waals surface area (Å²) < 4.78 is 12.4. The molecule has 0 aliphatic carbocycles. The Morgan fingerprint density at radius 3 is 2.43 bits per heavy atom. The number of fused-ring (bicyclic) bond motifs is 2. The second-order valence-corrected chi connectivity index (χ2v) is 6.15. The third kappa shape index (κ3) is 2.00. The van der Waals surface area contributed by atoms with E-state index in [9.17, 15) is 4.79 Å². The highest BCUT2D eigenvalue weighted by Gasteiger charge is 2.22. The van der Waals surface area contributed by atoms with Gasteiger partial charge in [-0.2, -0.15) is 5.10 Å². The van der Waals surface area contributed by atoms with Crippen molar-refractivity contribution in [2.24, 2.45) is 0 Å². The second-order valence-electron chi connectivity index (χ2n) is 5.36. The average Bonchev–Trinajstić information content (AvgIpc) is 3.17. The van der Waals surface area contributed by atoms with Crippen LogP contribution in [0.1, 0.15) is 22.0 Å². The van der Waals surface area contributed by atoms with E-state index >= 15 is 0 Å². The van der Waals surface area contributed by atoms with E-state index in [0.717, 1.165) is 26.8 Å². The van der Waals surface area contributed by atoms with E-state index in [2.05, 4.69) is 26.1 Å². The topological polar surface area (TPSA) is 92.3 Å². The molecule has 3 heterocycles. The number of aromatic carboxylic acids is 1. The van der Waals surface area contributed by atoms with E-state index in [4.69, 9.17) is 13.9 Å². The maximum atomic E-state index is 11.1. The molecule has 0 atom stereocenters. The highest BCUT2D eigenvalue weighted by Crippen LogP contribution is 2.43. The molecule has 3 aromatic heterocycles. The molecule has 0 unspecified atom stereocenters. The van der Waals surface area contributed by atoms with Crippen molar-refractivity contribution in [3.8, 4) is 11.3 Å². The Kier molecular flexibility index (Phi) is 2.89. The number of rotatable bonds is 2. The largest absolute Gasteiger partial charge is 0.477 e. The molecule has 0 amide bonds. The maximum absolute atomic E-state index is 11.1. The fraction of sp³-hybridized carbons (Fsp3) is 0.125. The highest BCUT2D eigenvalue weighted by atomic mass is 79.9. The minimum atomic E-state index is -1.06. The molecule has 0 bridgehead atoms.